The summed E-state index contributed by atoms with van der Waals surface area (Å²) < 4.78 is 37.0. The van der Waals surface area contributed by atoms with Crippen LogP contribution in [0.1, 0.15) is 37.0 Å². The predicted molar refractivity (Wildman–Crippen MR) is 64.3 cm³/mol. The van der Waals surface area contributed by atoms with Gasteiger partial charge in [0.2, 0.25) is 5.91 Å². The first-order valence-electron chi connectivity index (χ1n) is 5.96. The lowest BCUT2D eigenvalue weighted by Gasteiger charge is -2.13. The van der Waals surface area contributed by atoms with Crippen LogP contribution in [0.2, 0.25) is 0 Å². The molecular weight excluding hydrogens is 259 g/mol. The Balaban J connectivity index is 2.58. The van der Waals surface area contributed by atoms with E-state index in [1.54, 1.807) is 0 Å². The summed E-state index contributed by atoms with van der Waals surface area (Å²) in [5.41, 5.74) is -0.428. The Labute approximate surface area is 109 Å². The molecule has 0 saturated carbocycles. The van der Waals surface area contributed by atoms with Crippen LogP contribution in [0.4, 0.5) is 13.2 Å². The summed E-state index contributed by atoms with van der Waals surface area (Å²) in [6, 6.07) is 4.23. The van der Waals surface area contributed by atoms with Crippen molar-refractivity contribution in [2.24, 2.45) is 0 Å². The standard InChI is InChI=1S/C13H16F3NO2/c1-2-3-12(19)17-8-11(18)9-4-6-10(7-5-9)13(14,15)16/h4-7,11,18H,2-3,8H2,1H3,(H,17,19)/t11-/m0/s1. The van der Waals surface area contributed by atoms with Crippen LogP contribution in [0.3, 0.4) is 0 Å². The first-order valence-corrected chi connectivity index (χ1v) is 5.96. The minimum Gasteiger partial charge on any atom is -0.387 e. The highest BCUT2D eigenvalue weighted by Crippen LogP contribution is 2.29. The van der Waals surface area contributed by atoms with Gasteiger partial charge in [0.05, 0.1) is 11.7 Å². The number of amides is 1. The molecule has 3 nitrogen and oxygen atoms in total. The summed E-state index contributed by atoms with van der Waals surface area (Å²) in [6.07, 6.45) is -4.34. The number of rotatable bonds is 5. The first kappa shape index (κ1) is 15.5. The van der Waals surface area contributed by atoms with Crippen LogP contribution in [0, 0.1) is 0 Å². The first-order chi connectivity index (χ1) is 8.84. The minimum atomic E-state index is -4.39. The molecule has 0 fully saturated rings. The van der Waals surface area contributed by atoms with Crippen LogP contribution in [-0.4, -0.2) is 17.6 Å². The molecule has 0 aliphatic heterocycles. The number of carbonyl (C=O) groups is 1. The van der Waals surface area contributed by atoms with Crippen molar-refractivity contribution in [1.82, 2.24) is 5.32 Å². The molecule has 1 aromatic rings. The van der Waals surface area contributed by atoms with Gasteiger partial charge >= 0.3 is 6.18 Å². The topological polar surface area (TPSA) is 49.3 Å². The van der Waals surface area contributed by atoms with Gasteiger partial charge in [-0.25, -0.2) is 0 Å². The maximum atomic E-state index is 12.3. The van der Waals surface area contributed by atoms with Crippen molar-refractivity contribution in [1.29, 1.82) is 0 Å². The largest absolute Gasteiger partial charge is 0.416 e. The number of hydrogen-bond acceptors (Lipinski definition) is 2. The Kier molecular flexibility index (Phi) is 5.35. The van der Waals surface area contributed by atoms with Crippen LogP contribution in [0.5, 0.6) is 0 Å². The van der Waals surface area contributed by atoms with Crippen molar-refractivity contribution in [2.45, 2.75) is 32.0 Å². The highest BCUT2D eigenvalue weighted by atomic mass is 19.4. The summed E-state index contributed by atoms with van der Waals surface area (Å²) in [5, 5.41) is 12.3. The zero-order valence-corrected chi connectivity index (χ0v) is 10.5. The Hall–Kier alpha value is -1.56. The number of halogens is 3. The molecule has 0 bridgehead atoms. The van der Waals surface area contributed by atoms with E-state index >= 15 is 0 Å². The van der Waals surface area contributed by atoms with E-state index in [1.807, 2.05) is 6.92 Å². The molecule has 2 N–H and O–H groups in total. The Bertz CT molecular complexity index is 415. The number of carbonyl (C=O) groups excluding carboxylic acids is 1. The van der Waals surface area contributed by atoms with Gasteiger partial charge in [0.1, 0.15) is 0 Å². The number of nitrogens with one attached hydrogen (secondary N) is 1. The molecule has 0 unspecified atom stereocenters. The van der Waals surface area contributed by atoms with Gasteiger partial charge in [-0.05, 0) is 24.1 Å². The second-order valence-corrected chi connectivity index (χ2v) is 4.19. The second-order valence-electron chi connectivity index (χ2n) is 4.19. The monoisotopic (exact) mass is 275 g/mol. The van der Waals surface area contributed by atoms with Gasteiger partial charge in [-0.3, -0.25) is 4.79 Å². The third-order valence-corrected chi connectivity index (χ3v) is 2.59. The molecule has 0 saturated heterocycles. The van der Waals surface area contributed by atoms with Crippen molar-refractivity contribution >= 4 is 5.91 Å². The fraction of sp³-hybridized carbons (Fsp3) is 0.462. The lowest BCUT2D eigenvalue weighted by atomic mass is 10.1. The molecule has 1 atom stereocenters. The molecule has 0 aliphatic carbocycles. The summed E-state index contributed by atoms with van der Waals surface area (Å²) in [5.74, 6) is -0.187. The van der Waals surface area contributed by atoms with Crippen LogP contribution < -0.4 is 5.32 Å². The van der Waals surface area contributed by atoms with Gasteiger partial charge in [0.25, 0.3) is 0 Å². The van der Waals surface area contributed by atoms with Gasteiger partial charge < -0.3 is 10.4 Å². The number of hydrogen-bond donors (Lipinski definition) is 2. The van der Waals surface area contributed by atoms with E-state index in [9.17, 15) is 23.1 Å². The zero-order chi connectivity index (χ0) is 14.5. The van der Waals surface area contributed by atoms with E-state index in [-0.39, 0.29) is 12.5 Å². The molecule has 0 aliphatic rings. The molecule has 0 radical (unpaired) electrons. The molecule has 0 heterocycles. The fourth-order valence-corrected chi connectivity index (χ4v) is 1.54. The van der Waals surface area contributed by atoms with Crippen molar-refractivity contribution < 1.29 is 23.1 Å². The molecule has 6 heteroatoms. The molecular formula is C13H16F3NO2. The van der Waals surface area contributed by atoms with Gasteiger partial charge in [-0.15, -0.1) is 0 Å². The van der Waals surface area contributed by atoms with Crippen LogP contribution >= 0.6 is 0 Å². The third-order valence-electron chi connectivity index (χ3n) is 2.59. The van der Waals surface area contributed by atoms with E-state index in [2.05, 4.69) is 5.32 Å². The lowest BCUT2D eigenvalue weighted by molar-refractivity contribution is -0.137. The number of aliphatic hydroxyl groups is 1. The summed E-state index contributed by atoms with van der Waals surface area (Å²) >= 11 is 0. The minimum absolute atomic E-state index is 0.00972. The lowest BCUT2D eigenvalue weighted by Crippen LogP contribution is -2.27. The zero-order valence-electron chi connectivity index (χ0n) is 10.5. The van der Waals surface area contributed by atoms with Crippen molar-refractivity contribution in [3.05, 3.63) is 35.4 Å². The second kappa shape index (κ2) is 6.56. The molecule has 1 amide bonds. The van der Waals surface area contributed by atoms with Crippen molar-refractivity contribution in [2.75, 3.05) is 6.54 Å². The Morgan fingerprint density at radius 1 is 1.32 bits per heavy atom. The van der Waals surface area contributed by atoms with Gasteiger partial charge in [-0.1, -0.05) is 19.1 Å². The van der Waals surface area contributed by atoms with E-state index in [0.29, 0.717) is 18.4 Å². The quantitative estimate of drug-likeness (QED) is 0.868. The molecule has 1 rings (SSSR count). The fourth-order valence-electron chi connectivity index (χ4n) is 1.54. The van der Waals surface area contributed by atoms with Gasteiger partial charge in [0, 0.05) is 13.0 Å². The number of aliphatic hydroxyl groups excluding tert-OH is 1. The van der Waals surface area contributed by atoms with Crippen molar-refractivity contribution in [3.8, 4) is 0 Å². The summed E-state index contributed by atoms with van der Waals surface area (Å²) in [7, 11) is 0. The SMILES string of the molecule is CCCC(=O)NC[C@H](O)c1ccc(C(F)(F)F)cc1. The van der Waals surface area contributed by atoms with Crippen molar-refractivity contribution in [3.63, 3.8) is 0 Å². The molecule has 0 spiro atoms. The molecule has 1 aromatic carbocycles. The van der Waals surface area contributed by atoms with E-state index in [4.69, 9.17) is 0 Å². The highest BCUT2D eigenvalue weighted by Gasteiger charge is 2.30. The Morgan fingerprint density at radius 3 is 2.37 bits per heavy atom. The summed E-state index contributed by atoms with van der Waals surface area (Å²) in [6.45, 7) is 1.84. The average Bonchev–Trinajstić information content (AvgIpc) is 2.35. The van der Waals surface area contributed by atoms with E-state index in [0.717, 1.165) is 12.1 Å². The van der Waals surface area contributed by atoms with E-state index in [1.165, 1.54) is 12.1 Å². The molecule has 106 valence electrons. The van der Waals surface area contributed by atoms with Crippen LogP contribution in [0.25, 0.3) is 0 Å². The van der Waals surface area contributed by atoms with Gasteiger partial charge in [-0.2, -0.15) is 13.2 Å². The third kappa shape index (κ3) is 4.90. The number of alkyl halides is 3. The maximum absolute atomic E-state index is 12.3. The Morgan fingerprint density at radius 2 is 1.89 bits per heavy atom. The smallest absolute Gasteiger partial charge is 0.387 e. The van der Waals surface area contributed by atoms with Gasteiger partial charge in [0.15, 0.2) is 0 Å². The van der Waals surface area contributed by atoms with Crippen LogP contribution in [0.15, 0.2) is 24.3 Å². The van der Waals surface area contributed by atoms with E-state index < -0.39 is 17.8 Å². The molecule has 0 aromatic heterocycles. The van der Waals surface area contributed by atoms with Crippen LogP contribution in [-0.2, 0) is 11.0 Å². The predicted octanol–water partition coefficient (Wildman–Crippen LogP) is 2.66. The number of benzene rings is 1. The normalized spacial score (nSPS) is 13.1. The maximum Gasteiger partial charge on any atom is 0.416 e. The molecule has 19 heavy (non-hydrogen) atoms. The highest BCUT2D eigenvalue weighted by molar-refractivity contribution is 5.75. The average molecular weight is 275 g/mol. The summed E-state index contributed by atoms with van der Waals surface area (Å²) in [4.78, 5) is 11.2.